The number of esters is 1. The largest absolute Gasteiger partial charge is 0.464 e. The number of likely N-dealkylation sites (N-methyl/N-ethyl adjacent to an activating group) is 1. The second-order valence-corrected chi connectivity index (χ2v) is 8.87. The van der Waals surface area contributed by atoms with Crippen molar-refractivity contribution in [3.05, 3.63) is 0 Å². The molecule has 0 N–H and O–H groups in total. The Morgan fingerprint density at radius 3 is 1.39 bits per heavy atom. The average Bonchev–Trinajstić information content (AvgIpc) is 2.77. The first kappa shape index (κ1) is 29.7. The lowest BCUT2D eigenvalue weighted by Gasteiger charge is -2.22. The topological polar surface area (TPSA) is 55.8 Å². The van der Waals surface area contributed by atoms with E-state index in [9.17, 15) is 9.59 Å². The van der Waals surface area contributed by atoms with Crippen LogP contribution < -0.4 is 0 Å². The minimum Gasteiger partial charge on any atom is -0.464 e. The summed E-state index contributed by atoms with van der Waals surface area (Å²) in [6.45, 7) is 7.00. The van der Waals surface area contributed by atoms with Crippen molar-refractivity contribution < 1.29 is 19.1 Å². The van der Waals surface area contributed by atoms with Gasteiger partial charge in [0, 0.05) is 7.05 Å². The molecule has 5 heteroatoms. The molecule has 0 aliphatic carbocycles. The molecular formula is C26H51NO4. The summed E-state index contributed by atoms with van der Waals surface area (Å²) in [6.07, 6.45) is 20.2. The highest BCUT2D eigenvalue weighted by Crippen LogP contribution is 2.11. The highest BCUT2D eigenvalue weighted by molar-refractivity contribution is 5.80. The Kier molecular flexibility index (Phi) is 21.1. The van der Waals surface area contributed by atoms with Gasteiger partial charge in [-0.3, -0.25) is 4.90 Å². The Bertz CT molecular complexity index is 428. The summed E-state index contributed by atoms with van der Waals surface area (Å²) in [6, 6.07) is -0.621. The molecule has 0 aromatic heterocycles. The molecule has 184 valence electrons. The fourth-order valence-electron chi connectivity index (χ4n) is 3.52. The molecule has 0 aromatic carbocycles. The van der Waals surface area contributed by atoms with Gasteiger partial charge in [0.05, 0.1) is 13.2 Å². The molecule has 0 heterocycles. The second kappa shape index (κ2) is 22.0. The smallest absolute Gasteiger partial charge is 0.410 e. The molecule has 0 radical (unpaired) electrons. The van der Waals surface area contributed by atoms with Crippen LogP contribution in [-0.2, 0) is 14.3 Å². The minimum absolute atomic E-state index is 0.355. The third-order valence-electron chi connectivity index (χ3n) is 5.93. The maximum atomic E-state index is 12.2. The van der Waals surface area contributed by atoms with Crippen LogP contribution in [0.3, 0.4) is 0 Å². The first-order chi connectivity index (χ1) is 15.0. The molecule has 0 aliphatic rings. The third kappa shape index (κ3) is 18.1. The van der Waals surface area contributed by atoms with E-state index in [1.165, 1.54) is 88.4 Å². The van der Waals surface area contributed by atoms with Gasteiger partial charge in [-0.05, 0) is 19.8 Å². The maximum Gasteiger partial charge on any atom is 0.410 e. The molecule has 1 unspecified atom stereocenters. The van der Waals surface area contributed by atoms with Crippen LogP contribution in [0.5, 0.6) is 0 Å². The zero-order valence-electron chi connectivity index (χ0n) is 21.1. The molecule has 0 saturated heterocycles. The van der Waals surface area contributed by atoms with Gasteiger partial charge >= 0.3 is 12.1 Å². The molecule has 0 rings (SSSR count). The van der Waals surface area contributed by atoms with Crippen LogP contribution in [-0.4, -0.2) is 43.3 Å². The molecule has 0 fully saturated rings. The van der Waals surface area contributed by atoms with Crippen molar-refractivity contribution in [3.8, 4) is 0 Å². The van der Waals surface area contributed by atoms with E-state index in [1.807, 2.05) is 0 Å². The summed E-state index contributed by atoms with van der Waals surface area (Å²) < 4.78 is 10.6. The SMILES string of the molecule is CCCCCCCCCCCOC(=O)C(C)N(C)C(=O)OCCCCCCCCCC. The summed E-state index contributed by atoms with van der Waals surface area (Å²) >= 11 is 0. The van der Waals surface area contributed by atoms with Gasteiger partial charge in [0.25, 0.3) is 0 Å². The molecule has 0 bridgehead atoms. The Labute approximate surface area is 192 Å². The van der Waals surface area contributed by atoms with E-state index in [4.69, 9.17) is 9.47 Å². The molecule has 0 spiro atoms. The van der Waals surface area contributed by atoms with Gasteiger partial charge < -0.3 is 9.47 Å². The number of hydrogen-bond donors (Lipinski definition) is 0. The highest BCUT2D eigenvalue weighted by Gasteiger charge is 2.24. The van der Waals surface area contributed by atoms with Crippen LogP contribution in [0.1, 0.15) is 130 Å². The lowest BCUT2D eigenvalue weighted by atomic mass is 10.1. The Morgan fingerprint density at radius 2 is 0.968 bits per heavy atom. The van der Waals surface area contributed by atoms with Crippen LogP contribution in [0.2, 0.25) is 0 Å². The maximum absolute atomic E-state index is 12.2. The van der Waals surface area contributed by atoms with Gasteiger partial charge in [0.15, 0.2) is 0 Å². The molecule has 31 heavy (non-hydrogen) atoms. The van der Waals surface area contributed by atoms with E-state index in [0.717, 1.165) is 25.7 Å². The van der Waals surface area contributed by atoms with Crippen LogP contribution in [0.25, 0.3) is 0 Å². The van der Waals surface area contributed by atoms with Crippen molar-refractivity contribution >= 4 is 12.1 Å². The Hall–Kier alpha value is -1.26. The third-order valence-corrected chi connectivity index (χ3v) is 5.93. The minimum atomic E-state index is -0.621. The van der Waals surface area contributed by atoms with E-state index in [-0.39, 0.29) is 5.97 Å². The van der Waals surface area contributed by atoms with Crippen molar-refractivity contribution in [2.45, 2.75) is 136 Å². The Balaban J connectivity index is 3.67. The zero-order chi connectivity index (χ0) is 23.2. The van der Waals surface area contributed by atoms with E-state index >= 15 is 0 Å². The summed E-state index contributed by atoms with van der Waals surface area (Å²) in [5.41, 5.74) is 0. The predicted molar refractivity (Wildman–Crippen MR) is 129 cm³/mol. The van der Waals surface area contributed by atoms with Crippen molar-refractivity contribution in [2.24, 2.45) is 0 Å². The van der Waals surface area contributed by atoms with E-state index in [0.29, 0.717) is 13.2 Å². The highest BCUT2D eigenvalue weighted by atomic mass is 16.6. The Morgan fingerprint density at radius 1 is 0.613 bits per heavy atom. The summed E-state index contributed by atoms with van der Waals surface area (Å²) in [7, 11) is 1.60. The van der Waals surface area contributed by atoms with Crippen molar-refractivity contribution in [1.82, 2.24) is 4.90 Å². The van der Waals surface area contributed by atoms with E-state index in [2.05, 4.69) is 13.8 Å². The van der Waals surface area contributed by atoms with Gasteiger partial charge in [-0.25, -0.2) is 9.59 Å². The van der Waals surface area contributed by atoms with Crippen molar-refractivity contribution in [1.29, 1.82) is 0 Å². The van der Waals surface area contributed by atoms with Crippen molar-refractivity contribution in [3.63, 3.8) is 0 Å². The number of unbranched alkanes of at least 4 members (excludes halogenated alkanes) is 15. The average molecular weight is 442 g/mol. The number of amides is 1. The monoisotopic (exact) mass is 441 g/mol. The normalized spacial score (nSPS) is 11.9. The second-order valence-electron chi connectivity index (χ2n) is 8.87. The molecule has 5 nitrogen and oxygen atoms in total. The number of hydrogen-bond acceptors (Lipinski definition) is 4. The zero-order valence-corrected chi connectivity index (χ0v) is 21.1. The fraction of sp³-hybridized carbons (Fsp3) is 0.923. The molecular weight excluding hydrogens is 390 g/mol. The van der Waals surface area contributed by atoms with Crippen LogP contribution in [0, 0.1) is 0 Å². The van der Waals surface area contributed by atoms with Gasteiger partial charge in [-0.15, -0.1) is 0 Å². The number of rotatable bonds is 21. The summed E-state index contributed by atoms with van der Waals surface area (Å²) in [4.78, 5) is 25.6. The lowest BCUT2D eigenvalue weighted by molar-refractivity contribution is -0.148. The number of carbonyl (C=O) groups excluding carboxylic acids is 2. The molecule has 1 atom stereocenters. The van der Waals surface area contributed by atoms with Crippen LogP contribution in [0.4, 0.5) is 4.79 Å². The van der Waals surface area contributed by atoms with E-state index in [1.54, 1.807) is 14.0 Å². The number of nitrogens with zero attached hydrogens (tertiary/aromatic N) is 1. The van der Waals surface area contributed by atoms with Crippen LogP contribution >= 0.6 is 0 Å². The first-order valence-corrected chi connectivity index (χ1v) is 13.1. The number of ether oxygens (including phenoxy) is 2. The van der Waals surface area contributed by atoms with Gasteiger partial charge in [-0.2, -0.15) is 0 Å². The standard InChI is InChI=1S/C26H51NO4/c1-5-7-9-11-13-15-17-18-20-22-30-25(28)24(3)27(4)26(29)31-23-21-19-16-14-12-10-8-6-2/h24H,5-23H2,1-4H3. The molecule has 0 aromatic rings. The predicted octanol–water partition coefficient (Wildman–Crippen LogP) is 7.66. The molecule has 1 amide bonds. The van der Waals surface area contributed by atoms with Gasteiger partial charge in [0.2, 0.25) is 0 Å². The fourth-order valence-corrected chi connectivity index (χ4v) is 3.52. The van der Waals surface area contributed by atoms with Gasteiger partial charge in [0.1, 0.15) is 6.04 Å². The summed E-state index contributed by atoms with van der Waals surface area (Å²) in [5, 5.41) is 0. The quantitative estimate of drug-likeness (QED) is 0.135. The van der Waals surface area contributed by atoms with E-state index < -0.39 is 12.1 Å². The number of carbonyl (C=O) groups is 2. The molecule has 0 saturated carbocycles. The lowest BCUT2D eigenvalue weighted by Crippen LogP contribution is -2.41. The first-order valence-electron chi connectivity index (χ1n) is 13.1. The van der Waals surface area contributed by atoms with Crippen molar-refractivity contribution in [2.75, 3.05) is 20.3 Å². The van der Waals surface area contributed by atoms with Gasteiger partial charge in [-0.1, -0.05) is 110 Å². The molecule has 0 aliphatic heterocycles. The van der Waals surface area contributed by atoms with Crippen LogP contribution in [0.15, 0.2) is 0 Å². The summed E-state index contributed by atoms with van der Waals surface area (Å²) in [5.74, 6) is -0.355.